The lowest BCUT2D eigenvalue weighted by Gasteiger charge is -2.41. The Morgan fingerprint density at radius 2 is 1.79 bits per heavy atom. The first-order valence-corrected chi connectivity index (χ1v) is 13.8. The topological polar surface area (TPSA) is 89.8 Å². The van der Waals surface area contributed by atoms with E-state index in [4.69, 9.17) is 0 Å². The van der Waals surface area contributed by atoms with Crippen LogP contribution in [-0.2, 0) is 11.2 Å². The van der Waals surface area contributed by atoms with Crippen LogP contribution in [0.25, 0.3) is 0 Å². The number of aryl methyl sites for hydroxylation is 1. The summed E-state index contributed by atoms with van der Waals surface area (Å²) in [4.78, 5) is 12.0. The molecule has 0 radical (unpaired) electrons. The minimum Gasteiger partial charge on any atom is -0.393 e. The van der Waals surface area contributed by atoms with Crippen LogP contribution >= 0.6 is 0 Å². The van der Waals surface area contributed by atoms with Gasteiger partial charge in [-0.3, -0.25) is 4.79 Å². The van der Waals surface area contributed by atoms with Crippen molar-refractivity contribution in [3.05, 3.63) is 35.9 Å². The summed E-state index contributed by atoms with van der Waals surface area (Å²) in [6, 6.07) is 10.7. The second-order valence-corrected chi connectivity index (χ2v) is 11.6. The van der Waals surface area contributed by atoms with E-state index in [9.17, 15) is 20.1 Å². The first-order valence-electron chi connectivity index (χ1n) is 13.8. The quantitative estimate of drug-likeness (QED) is 0.347. The molecule has 1 unspecified atom stereocenters. The third-order valence-electron chi connectivity index (χ3n) is 8.90. The van der Waals surface area contributed by atoms with Gasteiger partial charge in [-0.2, -0.15) is 0 Å². The molecule has 5 heteroatoms. The van der Waals surface area contributed by atoms with E-state index in [2.05, 4.69) is 24.4 Å². The van der Waals surface area contributed by atoms with Gasteiger partial charge < -0.3 is 20.6 Å². The van der Waals surface area contributed by atoms with E-state index in [0.717, 1.165) is 44.9 Å². The summed E-state index contributed by atoms with van der Waals surface area (Å²) < 4.78 is 0. The molecule has 4 N–H and O–H groups in total. The van der Waals surface area contributed by atoms with Gasteiger partial charge in [0.2, 0.25) is 5.91 Å². The number of hydrogen-bond acceptors (Lipinski definition) is 4. The Hall–Kier alpha value is -1.43. The average Bonchev–Trinajstić information content (AvgIpc) is 3.56. The number of amides is 1. The molecule has 34 heavy (non-hydrogen) atoms. The molecule has 1 aromatic carbocycles. The van der Waals surface area contributed by atoms with Crippen molar-refractivity contribution in [3.8, 4) is 0 Å². The minimum atomic E-state index is -0.485. The zero-order chi connectivity index (χ0) is 24.1. The number of aliphatic hydroxyl groups is 3. The van der Waals surface area contributed by atoms with Crippen molar-refractivity contribution in [3.63, 3.8) is 0 Å². The van der Waals surface area contributed by atoms with E-state index in [1.807, 2.05) is 18.2 Å². The molecule has 0 aliphatic heterocycles. The molecular formula is C29H45NO4. The molecule has 5 nitrogen and oxygen atoms in total. The van der Waals surface area contributed by atoms with Crippen molar-refractivity contribution in [1.82, 2.24) is 5.32 Å². The van der Waals surface area contributed by atoms with Crippen molar-refractivity contribution in [1.29, 1.82) is 0 Å². The third-order valence-corrected chi connectivity index (χ3v) is 8.90. The SMILES string of the molecule is C[C@@H](C[C@@H](O)CCc1ccccc1)[C@@H]1[C@@H](C[C@@H]2CCC2CCCC(=O)NC2CC2)[C@@H](O)C[C@H]1O. The predicted octanol–water partition coefficient (Wildman–Crippen LogP) is 4.23. The second kappa shape index (κ2) is 12.0. The lowest BCUT2D eigenvalue weighted by atomic mass is 9.65. The predicted molar refractivity (Wildman–Crippen MR) is 134 cm³/mol. The van der Waals surface area contributed by atoms with E-state index in [1.54, 1.807) is 0 Å². The van der Waals surface area contributed by atoms with E-state index >= 15 is 0 Å². The van der Waals surface area contributed by atoms with Crippen LogP contribution in [0.5, 0.6) is 0 Å². The molecule has 3 aliphatic rings. The molecule has 0 spiro atoms. The van der Waals surface area contributed by atoms with Crippen molar-refractivity contribution >= 4 is 5.91 Å². The van der Waals surface area contributed by atoms with Crippen LogP contribution in [0.4, 0.5) is 0 Å². The molecule has 0 heterocycles. The first kappa shape index (κ1) is 25.7. The first-order chi connectivity index (χ1) is 16.4. The number of nitrogens with one attached hydrogen (secondary N) is 1. The smallest absolute Gasteiger partial charge is 0.220 e. The van der Waals surface area contributed by atoms with E-state index < -0.39 is 12.2 Å². The van der Waals surface area contributed by atoms with Crippen LogP contribution < -0.4 is 5.32 Å². The summed E-state index contributed by atoms with van der Waals surface area (Å²) in [7, 11) is 0. The Labute approximate surface area is 205 Å². The largest absolute Gasteiger partial charge is 0.393 e. The van der Waals surface area contributed by atoms with Crippen LogP contribution in [0.1, 0.15) is 83.1 Å². The fraction of sp³-hybridized carbons (Fsp3) is 0.759. The number of benzene rings is 1. The summed E-state index contributed by atoms with van der Waals surface area (Å²) >= 11 is 0. The van der Waals surface area contributed by atoms with Crippen LogP contribution in [0.15, 0.2) is 30.3 Å². The molecule has 1 amide bonds. The molecule has 0 aromatic heterocycles. The number of carbonyl (C=O) groups excluding carboxylic acids is 1. The summed E-state index contributed by atoms with van der Waals surface area (Å²) in [6.07, 6.45) is 9.70. The van der Waals surface area contributed by atoms with E-state index in [0.29, 0.717) is 37.1 Å². The maximum Gasteiger partial charge on any atom is 0.220 e. The summed E-state index contributed by atoms with van der Waals surface area (Å²) in [6.45, 7) is 2.14. The van der Waals surface area contributed by atoms with Gasteiger partial charge in [-0.05, 0) is 106 Å². The fourth-order valence-corrected chi connectivity index (χ4v) is 6.65. The number of aliphatic hydroxyl groups excluding tert-OH is 3. The Balaban J connectivity index is 1.22. The third kappa shape index (κ3) is 7.05. The van der Waals surface area contributed by atoms with Gasteiger partial charge in [0.1, 0.15) is 0 Å². The highest BCUT2D eigenvalue weighted by atomic mass is 16.3. The van der Waals surface area contributed by atoms with Crippen molar-refractivity contribution in [2.24, 2.45) is 29.6 Å². The Kier molecular flexibility index (Phi) is 9.06. The van der Waals surface area contributed by atoms with Gasteiger partial charge in [0.25, 0.3) is 0 Å². The van der Waals surface area contributed by atoms with E-state index in [-0.39, 0.29) is 29.8 Å². The molecule has 0 saturated heterocycles. The molecule has 0 bridgehead atoms. The zero-order valence-corrected chi connectivity index (χ0v) is 20.8. The highest BCUT2D eigenvalue weighted by Gasteiger charge is 2.46. The van der Waals surface area contributed by atoms with Crippen LogP contribution in [0.2, 0.25) is 0 Å². The Morgan fingerprint density at radius 3 is 2.47 bits per heavy atom. The molecule has 3 aliphatic carbocycles. The Bertz CT molecular complexity index is 767. The normalized spacial score (nSPS) is 32.7. The highest BCUT2D eigenvalue weighted by Crippen LogP contribution is 2.48. The molecular weight excluding hydrogens is 426 g/mol. The van der Waals surface area contributed by atoms with Gasteiger partial charge in [-0.25, -0.2) is 0 Å². The molecule has 4 rings (SSSR count). The molecule has 190 valence electrons. The standard InChI is InChI=1S/C29H45NO4/c1-19(16-24(31)15-10-20-6-3-2-4-7-20)29-25(26(32)18-27(29)33)17-22-12-11-21(22)8-5-9-28(34)30-23-13-14-23/h2-4,6-7,19,21-27,29,31-33H,5,8-18H2,1H3,(H,30,34)/t19-,21?,22-,24-,25-,26-,27+,29+/m0/s1. The van der Waals surface area contributed by atoms with Crippen LogP contribution in [0, 0.1) is 29.6 Å². The van der Waals surface area contributed by atoms with Crippen molar-refractivity contribution < 1.29 is 20.1 Å². The second-order valence-electron chi connectivity index (χ2n) is 11.6. The number of rotatable bonds is 13. The average molecular weight is 472 g/mol. The van der Waals surface area contributed by atoms with Crippen molar-refractivity contribution in [2.75, 3.05) is 0 Å². The lowest BCUT2D eigenvalue weighted by molar-refractivity contribution is -0.121. The molecule has 8 atom stereocenters. The monoisotopic (exact) mass is 471 g/mol. The van der Waals surface area contributed by atoms with Gasteiger partial charge in [-0.1, -0.05) is 37.3 Å². The summed E-state index contributed by atoms with van der Waals surface area (Å²) in [5, 5.41) is 35.3. The minimum absolute atomic E-state index is 0.0481. The molecule has 1 aromatic rings. The maximum atomic E-state index is 12.0. The number of hydrogen-bond donors (Lipinski definition) is 4. The zero-order valence-electron chi connectivity index (χ0n) is 20.8. The van der Waals surface area contributed by atoms with Gasteiger partial charge in [-0.15, -0.1) is 0 Å². The molecule has 3 fully saturated rings. The van der Waals surface area contributed by atoms with Gasteiger partial charge >= 0.3 is 0 Å². The van der Waals surface area contributed by atoms with E-state index in [1.165, 1.54) is 18.4 Å². The maximum absolute atomic E-state index is 12.0. The summed E-state index contributed by atoms with van der Waals surface area (Å²) in [5.41, 5.74) is 1.24. The number of carbonyl (C=O) groups is 1. The Morgan fingerprint density at radius 1 is 1.06 bits per heavy atom. The lowest BCUT2D eigenvalue weighted by Crippen LogP contribution is -2.35. The summed E-state index contributed by atoms with van der Waals surface area (Å²) in [5.74, 6) is 1.77. The fourth-order valence-electron chi connectivity index (χ4n) is 6.65. The van der Waals surface area contributed by atoms with Crippen LogP contribution in [0.3, 0.4) is 0 Å². The van der Waals surface area contributed by atoms with Crippen molar-refractivity contribution in [2.45, 2.75) is 108 Å². The van der Waals surface area contributed by atoms with Gasteiger partial charge in [0.15, 0.2) is 0 Å². The van der Waals surface area contributed by atoms with Gasteiger partial charge in [0.05, 0.1) is 18.3 Å². The highest BCUT2D eigenvalue weighted by molar-refractivity contribution is 5.76. The van der Waals surface area contributed by atoms with Crippen LogP contribution in [-0.4, -0.2) is 45.6 Å². The molecule has 3 saturated carbocycles. The van der Waals surface area contributed by atoms with Gasteiger partial charge in [0, 0.05) is 12.5 Å².